The van der Waals surface area contributed by atoms with Gasteiger partial charge in [-0.1, -0.05) is 0 Å². The number of carbonyl (C=O) groups is 1. The minimum absolute atomic E-state index is 0.0376. The van der Waals surface area contributed by atoms with E-state index in [0.29, 0.717) is 19.5 Å². The predicted octanol–water partition coefficient (Wildman–Crippen LogP) is 0.358. The molecule has 1 aromatic heterocycles. The van der Waals surface area contributed by atoms with Gasteiger partial charge in [0.1, 0.15) is 11.5 Å². The van der Waals surface area contributed by atoms with E-state index < -0.39 is 11.9 Å². The van der Waals surface area contributed by atoms with E-state index in [2.05, 4.69) is 4.98 Å². The summed E-state index contributed by atoms with van der Waals surface area (Å²) < 4.78 is 12.8. The Kier molecular flexibility index (Phi) is 4.11. The molecule has 0 radical (unpaired) electrons. The van der Waals surface area contributed by atoms with Crippen LogP contribution in [-0.2, 0) is 0 Å². The molecule has 1 saturated heterocycles. The number of carbonyl (C=O) groups excluding carboxylic acids is 1. The van der Waals surface area contributed by atoms with Crippen molar-refractivity contribution in [1.82, 2.24) is 14.8 Å². The molecule has 19 heavy (non-hydrogen) atoms. The third-order valence-corrected chi connectivity index (χ3v) is 3.18. The highest BCUT2D eigenvalue weighted by atomic mass is 19.1. The Bertz CT molecular complexity index is 450. The molecule has 2 atom stereocenters. The van der Waals surface area contributed by atoms with Gasteiger partial charge in [-0.3, -0.25) is 4.79 Å². The normalized spacial score (nSPS) is 23.1. The highest BCUT2D eigenvalue weighted by Gasteiger charge is 2.35. The summed E-state index contributed by atoms with van der Waals surface area (Å²) in [5.41, 5.74) is 0.208. The van der Waals surface area contributed by atoms with Gasteiger partial charge in [-0.2, -0.15) is 0 Å². The standard InChI is InChI=1S/C13H18FN3O2/c1-16(2)7-10-5-11(18)8-17(10)13(19)12-4-3-9(14)6-15-12/h3-4,6,10-11,18H,5,7-8H2,1-2H3. The predicted molar refractivity (Wildman–Crippen MR) is 68.2 cm³/mol. The second kappa shape index (κ2) is 5.63. The number of rotatable bonds is 3. The minimum atomic E-state index is -0.505. The van der Waals surface area contributed by atoms with Crippen LogP contribution in [0.4, 0.5) is 4.39 Å². The van der Waals surface area contributed by atoms with Gasteiger partial charge in [-0.25, -0.2) is 9.37 Å². The van der Waals surface area contributed by atoms with Crippen molar-refractivity contribution in [2.45, 2.75) is 18.6 Å². The van der Waals surface area contributed by atoms with Crippen LogP contribution in [0.5, 0.6) is 0 Å². The van der Waals surface area contributed by atoms with E-state index >= 15 is 0 Å². The Morgan fingerprint density at radius 3 is 2.89 bits per heavy atom. The van der Waals surface area contributed by atoms with Crippen molar-refractivity contribution in [3.63, 3.8) is 0 Å². The lowest BCUT2D eigenvalue weighted by molar-refractivity contribution is 0.0693. The molecule has 0 saturated carbocycles. The van der Waals surface area contributed by atoms with Gasteiger partial charge in [0, 0.05) is 19.1 Å². The lowest BCUT2D eigenvalue weighted by atomic mass is 10.2. The fourth-order valence-electron chi connectivity index (χ4n) is 2.38. The summed E-state index contributed by atoms with van der Waals surface area (Å²) in [5, 5.41) is 9.73. The van der Waals surface area contributed by atoms with Gasteiger partial charge in [0.25, 0.3) is 5.91 Å². The second-order valence-electron chi connectivity index (χ2n) is 5.12. The lowest BCUT2D eigenvalue weighted by Crippen LogP contribution is -2.41. The Morgan fingerprint density at radius 1 is 1.58 bits per heavy atom. The van der Waals surface area contributed by atoms with Crippen molar-refractivity contribution in [1.29, 1.82) is 0 Å². The molecule has 1 amide bonds. The Morgan fingerprint density at radius 2 is 2.32 bits per heavy atom. The number of β-amino-alcohol motifs (C(OH)–C–C–N with tert-alkyl or cyclic N) is 1. The average Bonchev–Trinajstić information content (AvgIpc) is 2.69. The van der Waals surface area contributed by atoms with Crippen molar-refractivity contribution in [2.24, 2.45) is 0 Å². The van der Waals surface area contributed by atoms with E-state index in [1.807, 2.05) is 19.0 Å². The largest absolute Gasteiger partial charge is 0.391 e. The molecule has 0 spiro atoms. The average molecular weight is 267 g/mol. The number of aromatic nitrogens is 1. The van der Waals surface area contributed by atoms with Crippen LogP contribution in [0.3, 0.4) is 0 Å². The van der Waals surface area contributed by atoms with Gasteiger partial charge in [-0.15, -0.1) is 0 Å². The number of likely N-dealkylation sites (N-methyl/N-ethyl adjacent to an activating group) is 1. The van der Waals surface area contributed by atoms with Crippen molar-refractivity contribution >= 4 is 5.91 Å². The van der Waals surface area contributed by atoms with Crippen LogP contribution in [0.25, 0.3) is 0 Å². The molecule has 1 aliphatic rings. The van der Waals surface area contributed by atoms with Crippen molar-refractivity contribution in [2.75, 3.05) is 27.2 Å². The maximum atomic E-state index is 12.8. The molecule has 2 unspecified atom stereocenters. The highest BCUT2D eigenvalue weighted by Crippen LogP contribution is 2.20. The monoisotopic (exact) mass is 267 g/mol. The number of nitrogens with zero attached hydrogens (tertiary/aromatic N) is 3. The van der Waals surface area contributed by atoms with Gasteiger partial charge in [0.05, 0.1) is 12.3 Å². The number of halogens is 1. The number of aliphatic hydroxyl groups excluding tert-OH is 1. The zero-order chi connectivity index (χ0) is 14.0. The molecule has 1 aliphatic heterocycles. The molecule has 5 nitrogen and oxygen atoms in total. The zero-order valence-electron chi connectivity index (χ0n) is 11.1. The summed E-state index contributed by atoms with van der Waals surface area (Å²) in [5.74, 6) is -0.730. The first-order chi connectivity index (χ1) is 8.97. The molecule has 2 heterocycles. The number of pyridine rings is 1. The van der Waals surface area contributed by atoms with Crippen molar-refractivity contribution in [3.8, 4) is 0 Å². The summed E-state index contributed by atoms with van der Waals surface area (Å²) in [6.45, 7) is 0.986. The molecule has 1 aromatic rings. The Balaban J connectivity index is 2.14. The van der Waals surface area contributed by atoms with Gasteiger partial charge in [0.2, 0.25) is 0 Å². The summed E-state index contributed by atoms with van der Waals surface area (Å²) in [7, 11) is 3.84. The smallest absolute Gasteiger partial charge is 0.272 e. The maximum Gasteiger partial charge on any atom is 0.272 e. The molecule has 1 fully saturated rings. The molecular weight excluding hydrogens is 249 g/mol. The molecule has 0 aliphatic carbocycles. The first-order valence-electron chi connectivity index (χ1n) is 6.22. The van der Waals surface area contributed by atoms with Crippen LogP contribution < -0.4 is 0 Å². The van der Waals surface area contributed by atoms with E-state index in [9.17, 15) is 14.3 Å². The van der Waals surface area contributed by atoms with E-state index in [4.69, 9.17) is 0 Å². The number of amides is 1. The number of hydrogen-bond donors (Lipinski definition) is 1. The molecule has 1 N–H and O–H groups in total. The fourth-order valence-corrected chi connectivity index (χ4v) is 2.38. The highest BCUT2D eigenvalue weighted by molar-refractivity contribution is 5.92. The summed E-state index contributed by atoms with van der Waals surface area (Å²) >= 11 is 0. The number of aliphatic hydroxyl groups is 1. The second-order valence-corrected chi connectivity index (χ2v) is 5.12. The van der Waals surface area contributed by atoms with Crippen LogP contribution >= 0.6 is 0 Å². The van der Waals surface area contributed by atoms with Crippen molar-refractivity contribution < 1.29 is 14.3 Å². The fraction of sp³-hybridized carbons (Fsp3) is 0.538. The Labute approximate surface area is 111 Å². The lowest BCUT2D eigenvalue weighted by Gasteiger charge is -2.26. The third-order valence-electron chi connectivity index (χ3n) is 3.18. The zero-order valence-corrected chi connectivity index (χ0v) is 11.1. The summed E-state index contributed by atoms with van der Waals surface area (Å²) in [6.07, 6.45) is 1.08. The van der Waals surface area contributed by atoms with Gasteiger partial charge >= 0.3 is 0 Å². The minimum Gasteiger partial charge on any atom is -0.391 e. The number of likely N-dealkylation sites (tertiary alicyclic amines) is 1. The van der Waals surface area contributed by atoms with Crippen LogP contribution in [0.1, 0.15) is 16.9 Å². The van der Waals surface area contributed by atoms with E-state index in [1.54, 1.807) is 4.90 Å². The van der Waals surface area contributed by atoms with E-state index in [0.717, 1.165) is 6.20 Å². The molecule has 6 heteroatoms. The number of hydrogen-bond acceptors (Lipinski definition) is 4. The van der Waals surface area contributed by atoms with E-state index in [1.165, 1.54) is 12.1 Å². The molecule has 104 valence electrons. The van der Waals surface area contributed by atoms with Crippen molar-refractivity contribution in [3.05, 3.63) is 29.8 Å². The Hall–Kier alpha value is -1.53. The summed E-state index contributed by atoms with van der Waals surface area (Å²) in [6, 6.07) is 2.55. The van der Waals surface area contributed by atoms with Gasteiger partial charge < -0.3 is 14.9 Å². The topological polar surface area (TPSA) is 56.7 Å². The van der Waals surface area contributed by atoms with Crippen LogP contribution in [-0.4, -0.2) is 65.1 Å². The maximum absolute atomic E-state index is 12.8. The third kappa shape index (κ3) is 3.27. The molecule has 0 aromatic carbocycles. The quantitative estimate of drug-likeness (QED) is 0.859. The molecule has 0 bridgehead atoms. The summed E-state index contributed by atoms with van der Waals surface area (Å²) in [4.78, 5) is 19.7. The van der Waals surface area contributed by atoms with E-state index in [-0.39, 0.29) is 17.6 Å². The SMILES string of the molecule is CN(C)CC1CC(O)CN1C(=O)c1ccc(F)cn1. The van der Waals surface area contributed by atoms with Gasteiger partial charge in [0.15, 0.2) is 0 Å². The molecular formula is C13H18FN3O2. The first-order valence-corrected chi connectivity index (χ1v) is 6.22. The molecule has 2 rings (SSSR count). The van der Waals surface area contributed by atoms with Crippen LogP contribution in [0.15, 0.2) is 18.3 Å². The first kappa shape index (κ1) is 13.9. The van der Waals surface area contributed by atoms with Crippen LogP contribution in [0, 0.1) is 5.82 Å². The van der Waals surface area contributed by atoms with Crippen LogP contribution in [0.2, 0.25) is 0 Å². The van der Waals surface area contributed by atoms with Gasteiger partial charge in [-0.05, 0) is 32.6 Å².